The van der Waals surface area contributed by atoms with Crippen LogP contribution in [0.4, 0.5) is 13.2 Å². The molecule has 1 aromatic rings. The molecule has 1 aliphatic rings. The van der Waals surface area contributed by atoms with Crippen LogP contribution in [0.2, 0.25) is 0 Å². The van der Waals surface area contributed by atoms with Crippen LogP contribution in [0.3, 0.4) is 0 Å². The van der Waals surface area contributed by atoms with Crippen molar-refractivity contribution in [1.29, 1.82) is 0 Å². The van der Waals surface area contributed by atoms with Crippen molar-refractivity contribution in [2.24, 2.45) is 10.9 Å². The smallest absolute Gasteiger partial charge is 0.356 e. The van der Waals surface area contributed by atoms with Crippen molar-refractivity contribution in [2.75, 3.05) is 26.7 Å². The summed E-state index contributed by atoms with van der Waals surface area (Å²) in [5.74, 6) is 1.11. The number of aromatic nitrogens is 1. The lowest BCUT2D eigenvalue weighted by molar-refractivity contribution is -0.0494. The summed E-state index contributed by atoms with van der Waals surface area (Å²) in [7, 11) is -3.65. The number of nitrogens with zero attached hydrogens (tertiary/aromatic N) is 3. The van der Waals surface area contributed by atoms with Crippen molar-refractivity contribution in [3.63, 3.8) is 0 Å². The van der Waals surface area contributed by atoms with Crippen molar-refractivity contribution < 1.29 is 21.6 Å². The highest BCUT2D eigenvalue weighted by Gasteiger charge is 2.50. The average molecular weight is 563 g/mol. The Morgan fingerprint density at radius 1 is 1.33 bits per heavy atom. The third kappa shape index (κ3) is 6.94. The van der Waals surface area contributed by atoms with Crippen LogP contribution in [0.25, 0.3) is 0 Å². The van der Waals surface area contributed by atoms with Crippen LogP contribution in [-0.4, -0.2) is 61.9 Å². The summed E-state index contributed by atoms with van der Waals surface area (Å²) >= 11 is 0. The molecular weight excluding hydrogens is 534 g/mol. The third-order valence-electron chi connectivity index (χ3n) is 5.06. The zero-order valence-electron chi connectivity index (χ0n) is 17.2. The Kier molecular flexibility index (Phi) is 10.3. The fourth-order valence-electron chi connectivity index (χ4n) is 3.32. The number of halogens is 4. The topological polar surface area (TPSA) is 86.7 Å². The highest BCUT2D eigenvalue weighted by atomic mass is 127. The molecule has 30 heavy (non-hydrogen) atoms. The van der Waals surface area contributed by atoms with Gasteiger partial charge in [0.15, 0.2) is 5.96 Å². The van der Waals surface area contributed by atoms with Crippen LogP contribution in [0.15, 0.2) is 29.5 Å². The van der Waals surface area contributed by atoms with E-state index in [9.17, 15) is 21.6 Å². The number of aliphatic imine (C=N–C) groups is 1. The average Bonchev–Trinajstić information content (AvgIpc) is 2.67. The van der Waals surface area contributed by atoms with Gasteiger partial charge in [0.1, 0.15) is 0 Å². The van der Waals surface area contributed by atoms with Gasteiger partial charge in [0.05, 0.1) is 0 Å². The number of hydrogen-bond acceptors (Lipinski definition) is 4. The monoisotopic (exact) mass is 563 g/mol. The Labute approximate surface area is 193 Å². The van der Waals surface area contributed by atoms with Gasteiger partial charge in [0, 0.05) is 51.0 Å². The highest BCUT2D eigenvalue weighted by Crippen LogP contribution is 2.29. The van der Waals surface area contributed by atoms with Gasteiger partial charge in [0.2, 0.25) is 0 Å². The summed E-state index contributed by atoms with van der Waals surface area (Å²) in [6, 6.07) is 3.75. The number of hydrogen-bond donors (Lipinski definition) is 2. The molecular formula is C18H29F3IN5O2S. The first-order valence-corrected chi connectivity index (χ1v) is 10.9. The summed E-state index contributed by atoms with van der Waals surface area (Å²) in [5.41, 5.74) is -4.15. The molecule has 172 valence electrons. The maximum Gasteiger partial charge on any atom is 0.511 e. The first-order chi connectivity index (χ1) is 13.6. The summed E-state index contributed by atoms with van der Waals surface area (Å²) in [4.78, 5) is 8.35. The zero-order chi connectivity index (χ0) is 21.7. The highest BCUT2D eigenvalue weighted by molar-refractivity contribution is 14.0. The summed E-state index contributed by atoms with van der Waals surface area (Å²) in [6.07, 6.45) is 4.10. The number of pyridine rings is 1. The Bertz CT molecular complexity index is 783. The number of piperidine rings is 1. The Morgan fingerprint density at radius 2 is 1.97 bits per heavy atom. The van der Waals surface area contributed by atoms with E-state index in [2.05, 4.69) is 34.5 Å². The Morgan fingerprint density at radius 3 is 2.43 bits per heavy atom. The molecule has 0 radical (unpaired) electrons. The second kappa shape index (κ2) is 11.5. The van der Waals surface area contributed by atoms with Crippen LogP contribution in [0.1, 0.15) is 38.2 Å². The largest absolute Gasteiger partial charge is 0.511 e. The second-order valence-corrected chi connectivity index (χ2v) is 9.29. The molecule has 1 atom stereocenters. The quantitative estimate of drug-likeness (QED) is 0.316. The zero-order valence-corrected chi connectivity index (χ0v) is 20.3. The molecule has 12 heteroatoms. The summed E-state index contributed by atoms with van der Waals surface area (Å²) < 4.78 is 61.6. The fourth-order valence-corrected chi connectivity index (χ4v) is 4.30. The van der Waals surface area contributed by atoms with Gasteiger partial charge in [-0.25, -0.2) is 8.42 Å². The number of nitrogens with one attached hydrogen (secondary N) is 2. The molecule has 1 aliphatic heterocycles. The number of guanidine groups is 1. The molecule has 1 unspecified atom stereocenters. The van der Waals surface area contributed by atoms with Crippen LogP contribution in [-0.2, 0) is 10.0 Å². The molecule has 2 rings (SSSR count). The molecule has 1 saturated heterocycles. The van der Waals surface area contributed by atoms with Crippen molar-refractivity contribution in [1.82, 2.24) is 19.9 Å². The van der Waals surface area contributed by atoms with Crippen LogP contribution < -0.4 is 10.6 Å². The number of alkyl halides is 3. The lowest BCUT2D eigenvalue weighted by atomic mass is 9.89. The number of sulfonamides is 1. The van der Waals surface area contributed by atoms with Crippen LogP contribution in [0, 0.1) is 5.92 Å². The minimum Gasteiger partial charge on any atom is -0.356 e. The second-order valence-electron chi connectivity index (χ2n) is 7.36. The van der Waals surface area contributed by atoms with Gasteiger partial charge in [-0.05, 0) is 30.4 Å². The van der Waals surface area contributed by atoms with Gasteiger partial charge in [-0.2, -0.15) is 17.5 Å². The molecule has 0 spiro atoms. The fraction of sp³-hybridized carbons (Fsp3) is 0.667. The number of rotatable bonds is 6. The van der Waals surface area contributed by atoms with Crippen molar-refractivity contribution in [2.45, 2.75) is 44.2 Å². The van der Waals surface area contributed by atoms with E-state index < -0.39 is 15.5 Å². The first-order valence-electron chi connectivity index (χ1n) is 9.49. The van der Waals surface area contributed by atoms with Gasteiger partial charge in [-0.1, -0.05) is 19.9 Å². The van der Waals surface area contributed by atoms with Gasteiger partial charge in [0.25, 0.3) is 0 Å². The van der Waals surface area contributed by atoms with E-state index in [0.29, 0.717) is 22.7 Å². The first kappa shape index (κ1) is 26.9. The molecule has 7 nitrogen and oxygen atoms in total. The Hall–Kier alpha value is -1.15. The van der Waals surface area contributed by atoms with Gasteiger partial charge < -0.3 is 10.6 Å². The summed E-state index contributed by atoms with van der Waals surface area (Å²) in [6.45, 7) is 4.49. The van der Waals surface area contributed by atoms with Crippen molar-refractivity contribution in [3.05, 3.63) is 30.1 Å². The van der Waals surface area contributed by atoms with Gasteiger partial charge >= 0.3 is 15.5 Å². The van der Waals surface area contributed by atoms with Crippen LogP contribution >= 0.6 is 24.0 Å². The molecule has 0 aromatic carbocycles. The van der Waals surface area contributed by atoms with Gasteiger partial charge in [-0.15, -0.1) is 24.0 Å². The van der Waals surface area contributed by atoms with Crippen molar-refractivity contribution in [3.8, 4) is 0 Å². The molecule has 1 fully saturated rings. The van der Waals surface area contributed by atoms with Crippen LogP contribution in [0.5, 0.6) is 0 Å². The molecule has 0 saturated carbocycles. The molecule has 0 bridgehead atoms. The standard InChI is InChI=1S/C18H28F3N5O2S.HI/c1-13(2)16(14-5-4-8-23-11-14)12-24-17(22-3)25-15-6-9-26(10-7-15)29(27,28)18(19,20)21;/h4-5,8,11,13,15-16H,6-7,9-10,12H2,1-3H3,(H2,22,24,25);1H. The van der Waals surface area contributed by atoms with E-state index in [4.69, 9.17) is 0 Å². The molecule has 0 amide bonds. The van der Waals surface area contributed by atoms with E-state index in [-0.39, 0.29) is 61.9 Å². The van der Waals surface area contributed by atoms with E-state index in [1.54, 1.807) is 13.2 Å². The van der Waals surface area contributed by atoms with Gasteiger partial charge in [-0.3, -0.25) is 9.98 Å². The lowest BCUT2D eigenvalue weighted by Gasteiger charge is -2.33. The maximum absolute atomic E-state index is 12.7. The molecule has 1 aromatic heterocycles. The predicted molar refractivity (Wildman–Crippen MR) is 121 cm³/mol. The molecule has 0 aliphatic carbocycles. The normalized spacial score (nSPS) is 18.0. The molecule has 2 heterocycles. The lowest BCUT2D eigenvalue weighted by Crippen LogP contribution is -2.52. The van der Waals surface area contributed by atoms with E-state index in [1.165, 1.54) is 0 Å². The van der Waals surface area contributed by atoms with Crippen molar-refractivity contribution >= 4 is 40.0 Å². The van der Waals surface area contributed by atoms with E-state index >= 15 is 0 Å². The SMILES string of the molecule is CN=C(NCC(c1cccnc1)C(C)C)NC1CCN(S(=O)(=O)C(F)(F)F)CC1.I. The Balaban J connectivity index is 0.00000450. The predicted octanol–water partition coefficient (Wildman–Crippen LogP) is 2.92. The third-order valence-corrected chi connectivity index (χ3v) is 6.69. The summed E-state index contributed by atoms with van der Waals surface area (Å²) in [5, 5.41) is 6.44. The molecule has 2 N–H and O–H groups in total. The maximum atomic E-state index is 12.7. The van der Waals surface area contributed by atoms with E-state index in [1.807, 2.05) is 18.3 Å². The minimum atomic E-state index is -5.26. The minimum absolute atomic E-state index is 0. The van der Waals surface area contributed by atoms with E-state index in [0.717, 1.165) is 5.56 Å².